The number of hydrogen-bond acceptors (Lipinski definition) is 2. The van der Waals surface area contributed by atoms with Crippen LogP contribution in [-0.2, 0) is 30.5 Å². The fourth-order valence-electron chi connectivity index (χ4n) is 5.60. The minimum absolute atomic E-state index is 0.217. The lowest BCUT2D eigenvalue weighted by Crippen LogP contribution is -2.15. The highest BCUT2D eigenvalue weighted by Crippen LogP contribution is 2.36. The lowest BCUT2D eigenvalue weighted by molar-refractivity contribution is -0.116. The maximum atomic E-state index is 12.6. The Morgan fingerprint density at radius 1 is 0.656 bits per heavy atom. The molecule has 2 aliphatic rings. The van der Waals surface area contributed by atoms with E-state index in [-0.39, 0.29) is 5.91 Å². The molecule has 180 valence electrons. The molecule has 1 aromatic rings. The molecule has 3 heteroatoms. The predicted octanol–water partition coefficient (Wildman–Crippen LogP) is 8.26. The Balaban J connectivity index is 1.18. The van der Waals surface area contributed by atoms with E-state index in [0.717, 1.165) is 37.8 Å². The van der Waals surface area contributed by atoms with Crippen LogP contribution in [0.5, 0.6) is 0 Å². The summed E-state index contributed by atoms with van der Waals surface area (Å²) in [6, 6.07) is 0. The summed E-state index contributed by atoms with van der Waals surface area (Å²) in [7, 11) is 0. The van der Waals surface area contributed by atoms with Crippen LogP contribution in [0.3, 0.4) is 0 Å². The van der Waals surface area contributed by atoms with Gasteiger partial charge in [0, 0.05) is 17.8 Å². The third kappa shape index (κ3) is 8.19. The fourth-order valence-corrected chi connectivity index (χ4v) is 5.60. The highest BCUT2D eigenvalue weighted by atomic mass is 16.1. The number of fused-ring (bicyclic) bond motifs is 2. The second-order valence-electron chi connectivity index (χ2n) is 10.3. The SMILES string of the molecule is CCCCCCCCCCCCCCCCCC(=O)Nc1c2c(nc3c1CCC3)CCC2. The van der Waals surface area contributed by atoms with Crippen molar-refractivity contribution < 1.29 is 4.79 Å². The topological polar surface area (TPSA) is 42.0 Å². The lowest BCUT2D eigenvalue weighted by Gasteiger charge is -2.15. The number of carbonyl (C=O) groups is 1. The molecule has 1 amide bonds. The van der Waals surface area contributed by atoms with E-state index in [1.807, 2.05) is 0 Å². The van der Waals surface area contributed by atoms with E-state index in [0.29, 0.717) is 6.42 Å². The van der Waals surface area contributed by atoms with E-state index in [9.17, 15) is 4.79 Å². The maximum absolute atomic E-state index is 12.6. The second kappa shape index (κ2) is 14.7. The van der Waals surface area contributed by atoms with Crippen molar-refractivity contribution in [3.05, 3.63) is 22.5 Å². The summed E-state index contributed by atoms with van der Waals surface area (Å²) in [6.07, 6.45) is 27.8. The minimum atomic E-state index is 0.217. The summed E-state index contributed by atoms with van der Waals surface area (Å²) in [5.41, 5.74) is 6.36. The number of amides is 1. The molecule has 0 spiro atoms. The molecule has 0 saturated heterocycles. The molecule has 1 heterocycles. The molecule has 0 radical (unpaired) electrons. The van der Waals surface area contributed by atoms with Crippen LogP contribution in [0.25, 0.3) is 0 Å². The zero-order chi connectivity index (χ0) is 22.4. The van der Waals surface area contributed by atoms with E-state index >= 15 is 0 Å². The summed E-state index contributed by atoms with van der Waals surface area (Å²) < 4.78 is 0. The Morgan fingerprint density at radius 3 is 1.56 bits per heavy atom. The summed E-state index contributed by atoms with van der Waals surface area (Å²) in [4.78, 5) is 17.5. The van der Waals surface area contributed by atoms with Gasteiger partial charge in [0.25, 0.3) is 0 Å². The Kier molecular flexibility index (Phi) is 11.6. The van der Waals surface area contributed by atoms with Gasteiger partial charge in [0.15, 0.2) is 0 Å². The molecular formula is C29H48N2O. The molecule has 2 aliphatic carbocycles. The van der Waals surface area contributed by atoms with Crippen LogP contribution in [0.2, 0.25) is 0 Å². The van der Waals surface area contributed by atoms with Gasteiger partial charge < -0.3 is 5.32 Å². The molecule has 0 unspecified atom stereocenters. The number of carbonyl (C=O) groups excluding carboxylic acids is 1. The van der Waals surface area contributed by atoms with Gasteiger partial charge >= 0.3 is 0 Å². The summed E-state index contributed by atoms with van der Waals surface area (Å²) in [6.45, 7) is 2.29. The number of unbranched alkanes of at least 4 members (excludes halogenated alkanes) is 14. The Labute approximate surface area is 197 Å². The highest BCUT2D eigenvalue weighted by Gasteiger charge is 2.26. The zero-order valence-corrected chi connectivity index (χ0v) is 20.9. The molecular weight excluding hydrogens is 392 g/mol. The van der Waals surface area contributed by atoms with Gasteiger partial charge in [-0.15, -0.1) is 0 Å². The summed E-state index contributed by atoms with van der Waals surface area (Å²) >= 11 is 0. The lowest BCUT2D eigenvalue weighted by atomic mass is 10.0. The smallest absolute Gasteiger partial charge is 0.224 e. The molecule has 0 atom stereocenters. The predicted molar refractivity (Wildman–Crippen MR) is 136 cm³/mol. The van der Waals surface area contributed by atoms with Gasteiger partial charge in [-0.05, 0) is 56.1 Å². The van der Waals surface area contributed by atoms with Crippen molar-refractivity contribution in [1.82, 2.24) is 4.98 Å². The van der Waals surface area contributed by atoms with Crippen LogP contribution in [0.1, 0.15) is 145 Å². The number of aryl methyl sites for hydroxylation is 2. The van der Waals surface area contributed by atoms with Gasteiger partial charge in [0.2, 0.25) is 5.91 Å². The fraction of sp³-hybridized carbons (Fsp3) is 0.793. The first-order chi connectivity index (χ1) is 15.8. The Morgan fingerprint density at radius 2 is 1.09 bits per heavy atom. The number of hydrogen-bond donors (Lipinski definition) is 1. The standard InChI is InChI=1S/C29H48N2O/c1-2-3-4-5-6-7-8-9-10-11-12-13-14-15-16-23-28(32)31-29-24-19-17-21-26(24)30-27-22-18-20-25(27)29/h2-23H2,1H3,(H,30,31,32). The largest absolute Gasteiger partial charge is 0.325 e. The number of rotatable bonds is 17. The molecule has 1 N–H and O–H groups in total. The van der Waals surface area contributed by atoms with Crippen molar-refractivity contribution in [3.63, 3.8) is 0 Å². The van der Waals surface area contributed by atoms with E-state index in [2.05, 4.69) is 12.2 Å². The normalized spacial score (nSPS) is 14.5. The van der Waals surface area contributed by atoms with E-state index < -0.39 is 0 Å². The third-order valence-electron chi connectivity index (χ3n) is 7.52. The van der Waals surface area contributed by atoms with Gasteiger partial charge in [-0.3, -0.25) is 9.78 Å². The molecule has 1 aromatic heterocycles. The first kappa shape index (κ1) is 25.2. The van der Waals surface area contributed by atoms with Crippen molar-refractivity contribution >= 4 is 11.6 Å². The van der Waals surface area contributed by atoms with Crippen molar-refractivity contribution in [2.24, 2.45) is 0 Å². The number of pyridine rings is 1. The van der Waals surface area contributed by atoms with Crippen molar-refractivity contribution in [2.45, 2.75) is 148 Å². The molecule has 0 aromatic carbocycles. The van der Waals surface area contributed by atoms with Crippen LogP contribution in [-0.4, -0.2) is 10.9 Å². The van der Waals surface area contributed by atoms with Gasteiger partial charge in [-0.25, -0.2) is 0 Å². The van der Waals surface area contributed by atoms with Crippen LogP contribution in [0.15, 0.2) is 0 Å². The van der Waals surface area contributed by atoms with Gasteiger partial charge in [0.05, 0.1) is 5.69 Å². The van der Waals surface area contributed by atoms with Crippen molar-refractivity contribution in [3.8, 4) is 0 Å². The van der Waals surface area contributed by atoms with Crippen molar-refractivity contribution in [1.29, 1.82) is 0 Å². The van der Waals surface area contributed by atoms with E-state index in [4.69, 9.17) is 4.98 Å². The summed E-state index contributed by atoms with van der Waals surface area (Å²) in [5, 5.41) is 3.31. The molecule has 3 nitrogen and oxygen atoms in total. The van der Waals surface area contributed by atoms with Gasteiger partial charge in [0.1, 0.15) is 0 Å². The van der Waals surface area contributed by atoms with Crippen LogP contribution in [0.4, 0.5) is 5.69 Å². The maximum Gasteiger partial charge on any atom is 0.224 e. The molecule has 3 rings (SSSR count). The van der Waals surface area contributed by atoms with Crippen LogP contribution in [0, 0.1) is 0 Å². The average Bonchev–Trinajstić information content (AvgIpc) is 3.45. The minimum Gasteiger partial charge on any atom is -0.325 e. The Hall–Kier alpha value is -1.38. The van der Waals surface area contributed by atoms with Gasteiger partial charge in [-0.1, -0.05) is 96.8 Å². The van der Waals surface area contributed by atoms with Crippen molar-refractivity contribution in [2.75, 3.05) is 5.32 Å². The average molecular weight is 441 g/mol. The van der Waals surface area contributed by atoms with Crippen LogP contribution < -0.4 is 5.32 Å². The third-order valence-corrected chi connectivity index (χ3v) is 7.52. The number of aromatic nitrogens is 1. The molecule has 32 heavy (non-hydrogen) atoms. The quantitative estimate of drug-likeness (QED) is 0.248. The number of nitrogens with zero attached hydrogens (tertiary/aromatic N) is 1. The van der Waals surface area contributed by atoms with E-state index in [1.165, 1.54) is 125 Å². The summed E-state index contributed by atoms with van der Waals surface area (Å²) in [5.74, 6) is 0.217. The molecule has 0 fully saturated rings. The monoisotopic (exact) mass is 440 g/mol. The first-order valence-corrected chi connectivity index (χ1v) is 14.1. The molecule has 0 aliphatic heterocycles. The van der Waals surface area contributed by atoms with E-state index in [1.54, 1.807) is 0 Å². The Bertz CT molecular complexity index is 665. The second-order valence-corrected chi connectivity index (χ2v) is 10.3. The van der Waals surface area contributed by atoms with Gasteiger partial charge in [-0.2, -0.15) is 0 Å². The first-order valence-electron chi connectivity index (χ1n) is 14.1. The molecule has 0 saturated carbocycles. The molecule has 0 bridgehead atoms. The number of anilines is 1. The highest BCUT2D eigenvalue weighted by molar-refractivity contribution is 5.93. The number of nitrogens with one attached hydrogen (secondary N) is 1. The zero-order valence-electron chi connectivity index (χ0n) is 20.9. The van der Waals surface area contributed by atoms with Crippen LogP contribution >= 0.6 is 0 Å².